The van der Waals surface area contributed by atoms with Crippen molar-refractivity contribution >= 4 is 23.2 Å². The predicted octanol–water partition coefficient (Wildman–Crippen LogP) is 3.74. The average molecular weight is 409 g/mol. The molecule has 0 aliphatic carbocycles. The Morgan fingerprint density at radius 3 is 2.28 bits per heavy atom. The number of nitrogens with zero attached hydrogens (tertiary/aromatic N) is 1. The second-order valence-corrected chi connectivity index (χ2v) is 6.51. The minimum absolute atomic E-state index is 0.00847. The fraction of sp³-hybridized carbons (Fsp3) is 0.300. The molecule has 2 rings (SSSR count). The normalized spacial score (nSPS) is 11.3. The number of methoxy groups -OCH3 is 1. The number of rotatable bonds is 7. The van der Waals surface area contributed by atoms with Crippen molar-refractivity contribution in [3.05, 3.63) is 53.6 Å². The van der Waals surface area contributed by atoms with E-state index in [0.29, 0.717) is 29.2 Å². The van der Waals surface area contributed by atoms with Crippen molar-refractivity contribution in [3.63, 3.8) is 0 Å². The van der Waals surface area contributed by atoms with Gasteiger partial charge in [0.25, 0.3) is 0 Å². The zero-order valence-electron chi connectivity index (χ0n) is 16.3. The van der Waals surface area contributed by atoms with Crippen molar-refractivity contribution in [1.29, 1.82) is 0 Å². The quantitative estimate of drug-likeness (QED) is 0.731. The molecule has 0 fully saturated rings. The van der Waals surface area contributed by atoms with Gasteiger partial charge >= 0.3 is 6.18 Å². The monoisotopic (exact) mass is 409 g/mol. The number of nitrogens with one attached hydrogen (secondary N) is 2. The number of benzene rings is 2. The van der Waals surface area contributed by atoms with E-state index in [2.05, 4.69) is 10.6 Å². The van der Waals surface area contributed by atoms with Gasteiger partial charge in [0.05, 0.1) is 24.9 Å². The highest BCUT2D eigenvalue weighted by atomic mass is 19.4. The Kier molecular flexibility index (Phi) is 7.22. The molecule has 156 valence electrons. The highest BCUT2D eigenvalue weighted by molar-refractivity contribution is 5.95. The first kappa shape index (κ1) is 22.2. The molecule has 9 heteroatoms. The lowest BCUT2D eigenvalue weighted by Gasteiger charge is -2.18. The van der Waals surface area contributed by atoms with E-state index in [1.807, 2.05) is 0 Å². The molecule has 0 radical (unpaired) electrons. The van der Waals surface area contributed by atoms with Gasteiger partial charge in [-0.15, -0.1) is 0 Å². The van der Waals surface area contributed by atoms with Crippen LogP contribution in [0.4, 0.5) is 24.5 Å². The molecule has 2 aromatic carbocycles. The molecule has 0 bridgehead atoms. The van der Waals surface area contributed by atoms with Gasteiger partial charge in [-0.1, -0.05) is 12.1 Å². The van der Waals surface area contributed by atoms with Gasteiger partial charge in [0.15, 0.2) is 0 Å². The standard InChI is InChI=1S/C20H22F3N3O3/c1-13(27)24-16-8-9-18(29-3)17(10-16)25-19(28)12-26(2)11-14-4-6-15(7-5-14)20(21,22)23/h4-10H,11-12H2,1-3H3,(H,24,27)(H,25,28). The molecule has 0 unspecified atom stereocenters. The zero-order valence-corrected chi connectivity index (χ0v) is 16.3. The summed E-state index contributed by atoms with van der Waals surface area (Å²) in [6.45, 7) is 1.68. The highest BCUT2D eigenvalue weighted by Gasteiger charge is 2.29. The van der Waals surface area contributed by atoms with Crippen LogP contribution in [-0.4, -0.2) is 37.4 Å². The van der Waals surface area contributed by atoms with Gasteiger partial charge in [0.2, 0.25) is 11.8 Å². The Bertz CT molecular complexity index is 868. The molecule has 0 atom stereocenters. The molecule has 0 heterocycles. The first-order valence-electron chi connectivity index (χ1n) is 8.68. The molecule has 2 aromatic rings. The smallest absolute Gasteiger partial charge is 0.416 e. The SMILES string of the molecule is COc1ccc(NC(C)=O)cc1NC(=O)CN(C)Cc1ccc(C(F)(F)F)cc1. The number of likely N-dealkylation sites (N-methyl/N-ethyl adjacent to an activating group) is 1. The Morgan fingerprint density at radius 1 is 1.07 bits per heavy atom. The Balaban J connectivity index is 1.98. The van der Waals surface area contributed by atoms with Gasteiger partial charge in [0, 0.05) is 19.2 Å². The van der Waals surface area contributed by atoms with E-state index >= 15 is 0 Å². The van der Waals surface area contributed by atoms with Crippen LogP contribution < -0.4 is 15.4 Å². The summed E-state index contributed by atoms with van der Waals surface area (Å²) in [5, 5.41) is 5.34. The average Bonchev–Trinajstić information content (AvgIpc) is 2.61. The third-order valence-electron chi connectivity index (χ3n) is 3.94. The lowest BCUT2D eigenvalue weighted by Crippen LogP contribution is -2.30. The van der Waals surface area contributed by atoms with Gasteiger partial charge < -0.3 is 15.4 Å². The van der Waals surface area contributed by atoms with Crippen LogP contribution in [0.2, 0.25) is 0 Å². The van der Waals surface area contributed by atoms with Crippen LogP contribution >= 0.6 is 0 Å². The van der Waals surface area contributed by atoms with E-state index in [9.17, 15) is 22.8 Å². The zero-order chi connectivity index (χ0) is 21.6. The van der Waals surface area contributed by atoms with Gasteiger partial charge in [-0.05, 0) is 42.9 Å². The molecule has 0 saturated carbocycles. The number of hydrogen-bond acceptors (Lipinski definition) is 4. The van der Waals surface area contributed by atoms with E-state index < -0.39 is 11.7 Å². The number of carbonyl (C=O) groups excluding carboxylic acids is 2. The second kappa shape index (κ2) is 9.42. The van der Waals surface area contributed by atoms with Gasteiger partial charge in [-0.25, -0.2) is 0 Å². The minimum atomic E-state index is -4.38. The molecule has 2 N–H and O–H groups in total. The van der Waals surface area contributed by atoms with Crippen molar-refractivity contribution in [2.75, 3.05) is 31.3 Å². The summed E-state index contributed by atoms with van der Waals surface area (Å²) < 4.78 is 43.1. The van der Waals surface area contributed by atoms with Gasteiger partial charge in [0.1, 0.15) is 5.75 Å². The fourth-order valence-electron chi connectivity index (χ4n) is 2.69. The maximum atomic E-state index is 12.6. The molecule has 29 heavy (non-hydrogen) atoms. The van der Waals surface area contributed by atoms with Crippen molar-refractivity contribution in [2.24, 2.45) is 0 Å². The Morgan fingerprint density at radius 2 is 1.72 bits per heavy atom. The van der Waals surface area contributed by atoms with Crippen molar-refractivity contribution in [2.45, 2.75) is 19.6 Å². The third-order valence-corrected chi connectivity index (χ3v) is 3.94. The summed E-state index contributed by atoms with van der Waals surface area (Å²) in [6.07, 6.45) is -4.38. The summed E-state index contributed by atoms with van der Waals surface area (Å²) in [5.41, 5.74) is 0.838. The molecule has 0 aliphatic rings. The lowest BCUT2D eigenvalue weighted by molar-refractivity contribution is -0.137. The second-order valence-electron chi connectivity index (χ2n) is 6.51. The largest absolute Gasteiger partial charge is 0.495 e. The lowest BCUT2D eigenvalue weighted by atomic mass is 10.1. The van der Waals surface area contributed by atoms with Crippen LogP contribution in [-0.2, 0) is 22.3 Å². The van der Waals surface area contributed by atoms with Crippen molar-refractivity contribution in [3.8, 4) is 5.75 Å². The number of ether oxygens (including phenoxy) is 1. The molecule has 0 spiro atoms. The van der Waals surface area contributed by atoms with Gasteiger partial charge in [-0.3, -0.25) is 14.5 Å². The first-order valence-corrected chi connectivity index (χ1v) is 8.68. The molecule has 2 amide bonds. The summed E-state index contributed by atoms with van der Waals surface area (Å²) in [5.74, 6) is -0.153. The van der Waals surface area contributed by atoms with Crippen LogP contribution in [0.15, 0.2) is 42.5 Å². The maximum Gasteiger partial charge on any atom is 0.416 e. The number of anilines is 2. The van der Waals surface area contributed by atoms with Gasteiger partial charge in [-0.2, -0.15) is 13.2 Å². The van der Waals surface area contributed by atoms with E-state index in [1.54, 1.807) is 30.1 Å². The minimum Gasteiger partial charge on any atom is -0.495 e. The van der Waals surface area contributed by atoms with Crippen molar-refractivity contribution in [1.82, 2.24) is 4.90 Å². The number of alkyl halides is 3. The Hall–Kier alpha value is -3.07. The number of halogens is 3. The fourth-order valence-corrected chi connectivity index (χ4v) is 2.69. The van der Waals surface area contributed by atoms with E-state index in [0.717, 1.165) is 12.1 Å². The van der Waals surface area contributed by atoms with Crippen LogP contribution in [0.3, 0.4) is 0 Å². The summed E-state index contributed by atoms with van der Waals surface area (Å²) >= 11 is 0. The highest BCUT2D eigenvalue weighted by Crippen LogP contribution is 2.29. The summed E-state index contributed by atoms with van der Waals surface area (Å²) in [4.78, 5) is 25.2. The predicted molar refractivity (Wildman–Crippen MR) is 104 cm³/mol. The molecule has 0 aliphatic heterocycles. The molecule has 0 aromatic heterocycles. The maximum absolute atomic E-state index is 12.6. The molecule has 0 saturated heterocycles. The first-order chi connectivity index (χ1) is 13.6. The third kappa shape index (κ3) is 6.79. The van der Waals surface area contributed by atoms with E-state index in [-0.39, 0.29) is 18.4 Å². The molecular weight excluding hydrogens is 387 g/mol. The van der Waals surface area contributed by atoms with Crippen molar-refractivity contribution < 1.29 is 27.5 Å². The number of carbonyl (C=O) groups is 2. The van der Waals surface area contributed by atoms with Crippen LogP contribution in [0.5, 0.6) is 5.75 Å². The topological polar surface area (TPSA) is 70.7 Å². The molecular formula is C20H22F3N3O3. The van der Waals surface area contributed by atoms with Crippen LogP contribution in [0.1, 0.15) is 18.1 Å². The Labute approximate surface area is 166 Å². The number of hydrogen-bond donors (Lipinski definition) is 2. The number of amides is 2. The van der Waals surface area contributed by atoms with E-state index in [4.69, 9.17) is 4.74 Å². The van der Waals surface area contributed by atoms with E-state index in [1.165, 1.54) is 26.2 Å². The van der Waals surface area contributed by atoms with Crippen LogP contribution in [0.25, 0.3) is 0 Å². The summed E-state index contributed by atoms with van der Waals surface area (Å²) in [6, 6.07) is 9.64. The van der Waals surface area contributed by atoms with Crippen LogP contribution in [0, 0.1) is 0 Å². The summed E-state index contributed by atoms with van der Waals surface area (Å²) in [7, 11) is 3.14. The molecule has 6 nitrogen and oxygen atoms in total.